The van der Waals surface area contributed by atoms with Crippen molar-refractivity contribution in [2.24, 2.45) is 0 Å². The maximum Gasteiger partial charge on any atom is 0.259 e. The summed E-state index contributed by atoms with van der Waals surface area (Å²) in [6.45, 7) is 9.51. The number of methoxy groups -OCH3 is 2. The Hall–Kier alpha value is -4.76. The number of fused-ring (bicyclic) bond motifs is 2. The maximum absolute atomic E-state index is 9.53. The SMILES string of the molecule is COc1ccc(C(OC[C@@H](C[n+]2ccc(/C=C3\Sc4ccccc4N3C)c3ccccc32)OP(OCCC#N)N(C(C)C)C(C)C)(c2ccccc2)c2ccc(OC)cc2)cc1.[Br-]. The molecule has 6 aromatic rings. The second-order valence-electron chi connectivity index (χ2n) is 15.6. The van der Waals surface area contributed by atoms with Crippen molar-refractivity contribution >= 4 is 43.0 Å². The van der Waals surface area contributed by atoms with Crippen LogP contribution in [0, 0.1) is 11.3 Å². The van der Waals surface area contributed by atoms with E-state index in [4.69, 9.17) is 23.3 Å². The number of thioether (sulfide) groups is 1. The highest BCUT2D eigenvalue weighted by Crippen LogP contribution is 2.49. The molecule has 0 spiro atoms. The lowest BCUT2D eigenvalue weighted by atomic mass is 9.80. The van der Waals surface area contributed by atoms with Gasteiger partial charge < -0.3 is 45.1 Å². The fourth-order valence-corrected chi connectivity index (χ4v) is 10.8. The maximum atomic E-state index is 9.53. The lowest BCUT2D eigenvalue weighted by Gasteiger charge is -2.39. The summed E-state index contributed by atoms with van der Waals surface area (Å²) in [6, 6.07) is 48.2. The first kappa shape index (κ1) is 47.7. The number of para-hydroxylation sites is 2. The number of hydrogen-bond acceptors (Lipinski definition) is 9. The van der Waals surface area contributed by atoms with E-state index < -0.39 is 20.2 Å². The normalized spacial score (nSPS) is 14.2. The molecule has 0 saturated carbocycles. The van der Waals surface area contributed by atoms with Gasteiger partial charge in [-0.2, -0.15) is 9.83 Å². The van der Waals surface area contributed by atoms with Gasteiger partial charge in [0.2, 0.25) is 5.52 Å². The Bertz CT molecular complexity index is 2430. The third-order valence-electron chi connectivity index (χ3n) is 11.0. The Morgan fingerprint density at radius 1 is 0.778 bits per heavy atom. The highest BCUT2D eigenvalue weighted by atomic mass is 79.9. The summed E-state index contributed by atoms with van der Waals surface area (Å²) in [5.41, 5.74) is 5.16. The molecule has 328 valence electrons. The van der Waals surface area contributed by atoms with E-state index in [1.165, 1.54) is 15.6 Å². The predicted octanol–water partition coefficient (Wildman–Crippen LogP) is 8.36. The summed E-state index contributed by atoms with van der Waals surface area (Å²) in [5, 5.41) is 11.8. The minimum absolute atomic E-state index is 0. The molecule has 0 aliphatic carbocycles. The topological polar surface area (TPSA) is 80.3 Å². The van der Waals surface area contributed by atoms with Gasteiger partial charge >= 0.3 is 0 Å². The highest BCUT2D eigenvalue weighted by Gasteiger charge is 2.40. The Morgan fingerprint density at radius 2 is 1.37 bits per heavy atom. The van der Waals surface area contributed by atoms with Crippen LogP contribution in [-0.4, -0.2) is 57.3 Å². The Kier molecular flexibility index (Phi) is 16.8. The standard InChI is InChI=1S/C51H56N4O5PS.BrH/c1-37(2)55(38(3)4)61(59-33-15-31-52)60-45(35-54-32-30-39(46-18-11-12-19-47(46)54)34-50-53(5)48-20-13-14-21-49(48)62-50)36-58-51(40-16-9-8-10-17-40,41-22-26-43(56-6)27-23-41)42-24-28-44(57-7)29-25-42;/h8-14,16-30,32,34,37-38,45H,15,33,35-36H2,1-7H3;1H/q+1;/p-1/t45-,61?;/m1./s1. The van der Waals surface area contributed by atoms with Crippen molar-refractivity contribution in [3.05, 3.63) is 167 Å². The van der Waals surface area contributed by atoms with E-state index >= 15 is 0 Å². The second kappa shape index (κ2) is 22.2. The Morgan fingerprint density at radius 3 is 1.97 bits per heavy atom. The number of nitrogens with zero attached hydrogens (tertiary/aromatic N) is 4. The van der Waals surface area contributed by atoms with Gasteiger partial charge in [0.05, 0.1) is 56.0 Å². The van der Waals surface area contributed by atoms with Gasteiger partial charge in [0, 0.05) is 36.2 Å². The molecule has 0 amide bonds. The molecule has 12 heteroatoms. The number of benzene rings is 5. The van der Waals surface area contributed by atoms with Crippen LogP contribution in [0.2, 0.25) is 0 Å². The molecule has 1 aliphatic heterocycles. The average Bonchev–Trinajstić information content (AvgIpc) is 3.61. The summed E-state index contributed by atoms with van der Waals surface area (Å²) in [4.78, 5) is 3.50. The van der Waals surface area contributed by atoms with Crippen LogP contribution in [0.3, 0.4) is 0 Å². The van der Waals surface area contributed by atoms with Crippen molar-refractivity contribution in [1.82, 2.24) is 4.67 Å². The number of rotatable bonds is 19. The van der Waals surface area contributed by atoms with Crippen LogP contribution in [0.5, 0.6) is 11.5 Å². The van der Waals surface area contributed by atoms with E-state index in [-0.39, 0.29) is 48.7 Å². The number of anilines is 1. The molecule has 0 radical (unpaired) electrons. The second-order valence-corrected chi connectivity index (χ2v) is 18.1. The van der Waals surface area contributed by atoms with E-state index in [1.54, 1.807) is 26.0 Å². The lowest BCUT2D eigenvalue weighted by molar-refractivity contribution is -0.678. The van der Waals surface area contributed by atoms with Crippen molar-refractivity contribution in [2.75, 3.05) is 39.4 Å². The van der Waals surface area contributed by atoms with Gasteiger partial charge in [-0.05, 0) is 98.5 Å². The summed E-state index contributed by atoms with van der Waals surface area (Å²) in [6.07, 6.45) is 4.18. The minimum atomic E-state index is -1.62. The molecule has 5 aromatic carbocycles. The third-order valence-corrected chi connectivity index (χ3v) is 14.3. The monoisotopic (exact) mass is 946 g/mol. The van der Waals surface area contributed by atoms with Gasteiger partial charge in [-0.15, -0.1) is 0 Å². The molecule has 7 rings (SSSR count). The molecule has 1 aromatic heterocycles. The van der Waals surface area contributed by atoms with Crippen LogP contribution < -0.4 is 35.9 Å². The molecular weight excluding hydrogens is 892 g/mol. The zero-order valence-electron chi connectivity index (χ0n) is 37.0. The summed E-state index contributed by atoms with van der Waals surface area (Å²) < 4.78 is 37.0. The van der Waals surface area contributed by atoms with Gasteiger partial charge in [0.1, 0.15) is 23.2 Å². The molecule has 2 atom stereocenters. The number of ether oxygens (including phenoxy) is 3. The van der Waals surface area contributed by atoms with Gasteiger partial charge in [-0.3, -0.25) is 0 Å². The Balaban J connectivity index is 0.00000661. The van der Waals surface area contributed by atoms with E-state index in [0.29, 0.717) is 6.54 Å². The zero-order chi connectivity index (χ0) is 43.6. The first-order valence-corrected chi connectivity index (χ1v) is 23.0. The van der Waals surface area contributed by atoms with Gasteiger partial charge in [-0.25, -0.2) is 4.67 Å². The quantitative estimate of drug-likeness (QED) is 0.0345. The van der Waals surface area contributed by atoms with Crippen molar-refractivity contribution in [3.63, 3.8) is 0 Å². The van der Waals surface area contributed by atoms with E-state index in [2.05, 4.69) is 158 Å². The fourth-order valence-electron chi connectivity index (χ4n) is 8.02. The van der Waals surface area contributed by atoms with Crippen molar-refractivity contribution in [3.8, 4) is 17.6 Å². The van der Waals surface area contributed by atoms with E-state index in [1.807, 2.05) is 42.5 Å². The number of halogens is 1. The first-order chi connectivity index (χ1) is 30.2. The molecule has 0 fully saturated rings. The van der Waals surface area contributed by atoms with Crippen molar-refractivity contribution < 1.29 is 44.8 Å². The molecule has 1 aliphatic rings. The van der Waals surface area contributed by atoms with Crippen LogP contribution >= 0.6 is 20.3 Å². The largest absolute Gasteiger partial charge is 1.00 e. The van der Waals surface area contributed by atoms with E-state index in [9.17, 15) is 5.26 Å². The minimum Gasteiger partial charge on any atom is -1.00 e. The summed E-state index contributed by atoms with van der Waals surface area (Å²) in [7, 11) is 3.85. The summed E-state index contributed by atoms with van der Waals surface area (Å²) in [5.74, 6) is 1.50. The molecule has 0 N–H and O–H groups in total. The molecule has 2 heterocycles. The van der Waals surface area contributed by atoms with Crippen LogP contribution in [0.1, 0.15) is 56.4 Å². The van der Waals surface area contributed by atoms with Gasteiger partial charge in [0.25, 0.3) is 8.53 Å². The fraction of sp³-hybridized carbons (Fsp3) is 0.294. The zero-order valence-corrected chi connectivity index (χ0v) is 40.3. The first-order valence-electron chi connectivity index (χ1n) is 21.0. The van der Waals surface area contributed by atoms with Gasteiger partial charge in [-0.1, -0.05) is 90.6 Å². The predicted molar refractivity (Wildman–Crippen MR) is 251 cm³/mol. The molecule has 63 heavy (non-hydrogen) atoms. The molecule has 0 saturated heterocycles. The van der Waals surface area contributed by atoms with Crippen molar-refractivity contribution in [1.29, 1.82) is 5.26 Å². The van der Waals surface area contributed by atoms with Crippen LogP contribution in [0.15, 0.2) is 150 Å². The molecule has 1 unspecified atom stereocenters. The number of nitriles is 1. The molecule has 0 bridgehead atoms. The smallest absolute Gasteiger partial charge is 0.259 e. The Labute approximate surface area is 388 Å². The third kappa shape index (κ3) is 10.8. The number of aromatic nitrogens is 1. The number of hydrogen-bond donors (Lipinski definition) is 0. The lowest BCUT2D eigenvalue weighted by Crippen LogP contribution is -3.00. The van der Waals surface area contributed by atoms with E-state index in [0.717, 1.165) is 44.7 Å². The van der Waals surface area contributed by atoms with Crippen LogP contribution in [-0.2, 0) is 25.9 Å². The highest BCUT2D eigenvalue weighted by molar-refractivity contribution is 8.03. The number of pyridine rings is 1. The van der Waals surface area contributed by atoms with Crippen LogP contribution in [0.4, 0.5) is 5.69 Å². The van der Waals surface area contributed by atoms with Crippen LogP contribution in [0.25, 0.3) is 17.0 Å². The van der Waals surface area contributed by atoms with Crippen molar-refractivity contribution in [2.45, 2.75) is 69.3 Å². The average molecular weight is 948 g/mol. The van der Waals surface area contributed by atoms with Gasteiger partial charge in [0.15, 0.2) is 12.7 Å². The molecular formula is C51H56BrN4O5PS. The summed E-state index contributed by atoms with van der Waals surface area (Å²) >= 11 is 1.79. The molecule has 9 nitrogen and oxygen atoms in total.